The Morgan fingerprint density at radius 1 is 1.38 bits per heavy atom. The molecule has 1 aromatic heterocycles. The molecule has 0 saturated heterocycles. The average Bonchev–Trinajstić information content (AvgIpc) is 2.55. The maximum Gasteiger partial charge on any atom is 0.166 e. The summed E-state index contributed by atoms with van der Waals surface area (Å²) in [4.78, 5) is 4.25. The third-order valence-electron chi connectivity index (χ3n) is 3.50. The summed E-state index contributed by atoms with van der Waals surface area (Å²) < 4.78 is 11.1. The fourth-order valence-corrected chi connectivity index (χ4v) is 2.48. The Labute approximate surface area is 123 Å². The molecule has 0 bridgehead atoms. The second kappa shape index (κ2) is 5.71. The van der Waals surface area contributed by atoms with Gasteiger partial charge in [0.05, 0.1) is 25.3 Å². The lowest BCUT2D eigenvalue weighted by Gasteiger charge is -2.28. The van der Waals surface area contributed by atoms with E-state index in [2.05, 4.69) is 16.4 Å². The first-order valence-electron chi connectivity index (χ1n) is 6.75. The maximum atomic E-state index is 9.15. The van der Waals surface area contributed by atoms with Crippen LogP contribution in [0.4, 0.5) is 5.82 Å². The van der Waals surface area contributed by atoms with Crippen LogP contribution in [0, 0.1) is 11.3 Å². The van der Waals surface area contributed by atoms with Crippen LogP contribution >= 0.6 is 0 Å². The Hall–Kier alpha value is -2.74. The summed E-state index contributed by atoms with van der Waals surface area (Å²) in [7, 11) is 1.63. The number of rotatable bonds is 3. The molecule has 0 radical (unpaired) electrons. The summed E-state index contributed by atoms with van der Waals surface area (Å²) in [6, 6.07) is 11.5. The van der Waals surface area contributed by atoms with Gasteiger partial charge in [-0.1, -0.05) is 12.1 Å². The van der Waals surface area contributed by atoms with Crippen LogP contribution in [0.3, 0.4) is 0 Å². The van der Waals surface area contributed by atoms with E-state index in [1.807, 2.05) is 18.2 Å². The Bertz CT molecular complexity index is 694. The number of anilines is 1. The van der Waals surface area contributed by atoms with Gasteiger partial charge in [-0.3, -0.25) is 0 Å². The summed E-state index contributed by atoms with van der Waals surface area (Å²) >= 11 is 0. The number of fused-ring (bicyclic) bond motifs is 1. The number of nitriles is 1. The van der Waals surface area contributed by atoms with Crippen molar-refractivity contribution in [1.29, 1.82) is 5.26 Å². The van der Waals surface area contributed by atoms with Crippen molar-refractivity contribution in [2.75, 3.05) is 19.0 Å². The molecule has 1 aromatic carbocycles. The number of nitrogens with zero attached hydrogens (tertiary/aromatic N) is 2. The number of para-hydroxylation sites is 1. The lowest BCUT2D eigenvalue weighted by molar-refractivity contribution is 0.257. The van der Waals surface area contributed by atoms with Gasteiger partial charge in [0.15, 0.2) is 11.5 Å². The summed E-state index contributed by atoms with van der Waals surface area (Å²) in [6.07, 6.45) is 2.48. The molecule has 0 spiro atoms. The fraction of sp³-hybridized carbons (Fsp3) is 0.250. The van der Waals surface area contributed by atoms with E-state index in [9.17, 15) is 0 Å². The quantitative estimate of drug-likeness (QED) is 0.937. The molecule has 106 valence electrons. The molecule has 1 unspecified atom stereocenters. The number of ether oxygens (including phenoxy) is 2. The Balaban J connectivity index is 1.94. The zero-order chi connectivity index (χ0) is 14.7. The van der Waals surface area contributed by atoms with Crippen LogP contribution in [-0.2, 0) is 0 Å². The van der Waals surface area contributed by atoms with Crippen molar-refractivity contribution < 1.29 is 9.47 Å². The van der Waals surface area contributed by atoms with Gasteiger partial charge in [0.1, 0.15) is 11.9 Å². The largest absolute Gasteiger partial charge is 0.493 e. The highest BCUT2D eigenvalue weighted by Gasteiger charge is 2.25. The van der Waals surface area contributed by atoms with Crippen LogP contribution < -0.4 is 14.8 Å². The van der Waals surface area contributed by atoms with Crippen molar-refractivity contribution in [3.63, 3.8) is 0 Å². The van der Waals surface area contributed by atoms with Crippen molar-refractivity contribution in [3.8, 4) is 17.6 Å². The molecule has 2 aromatic rings. The topological polar surface area (TPSA) is 67.2 Å². The molecule has 21 heavy (non-hydrogen) atoms. The van der Waals surface area contributed by atoms with Crippen LogP contribution in [-0.4, -0.2) is 18.7 Å². The maximum absolute atomic E-state index is 9.15. The number of aromatic nitrogens is 1. The third kappa shape index (κ3) is 2.48. The molecule has 0 fully saturated rings. The molecule has 1 aliphatic heterocycles. The molecule has 5 nitrogen and oxygen atoms in total. The van der Waals surface area contributed by atoms with E-state index in [-0.39, 0.29) is 6.04 Å². The van der Waals surface area contributed by atoms with Gasteiger partial charge in [0, 0.05) is 18.2 Å². The number of benzene rings is 1. The number of nitrogens with one attached hydrogen (secondary N) is 1. The fourth-order valence-electron chi connectivity index (χ4n) is 2.48. The Morgan fingerprint density at radius 2 is 2.29 bits per heavy atom. The Morgan fingerprint density at radius 3 is 3.10 bits per heavy atom. The molecule has 5 heteroatoms. The van der Waals surface area contributed by atoms with Gasteiger partial charge in [0.2, 0.25) is 0 Å². The smallest absolute Gasteiger partial charge is 0.166 e. The van der Waals surface area contributed by atoms with E-state index in [0.717, 1.165) is 23.5 Å². The van der Waals surface area contributed by atoms with Crippen molar-refractivity contribution >= 4 is 5.82 Å². The average molecular weight is 281 g/mol. The normalized spacial score (nSPS) is 16.3. The van der Waals surface area contributed by atoms with Crippen molar-refractivity contribution in [2.45, 2.75) is 12.5 Å². The molecule has 3 rings (SSSR count). The molecular weight excluding hydrogens is 266 g/mol. The minimum atomic E-state index is 0.0471. The first-order valence-corrected chi connectivity index (χ1v) is 6.75. The van der Waals surface area contributed by atoms with Gasteiger partial charge in [0.25, 0.3) is 0 Å². The zero-order valence-corrected chi connectivity index (χ0v) is 11.7. The molecule has 0 saturated carbocycles. The highest BCUT2D eigenvalue weighted by Crippen LogP contribution is 2.40. The van der Waals surface area contributed by atoms with E-state index >= 15 is 0 Å². The summed E-state index contributed by atoms with van der Waals surface area (Å²) in [5.41, 5.74) is 1.56. The second-order valence-corrected chi connectivity index (χ2v) is 4.72. The van der Waals surface area contributed by atoms with E-state index < -0.39 is 0 Å². The van der Waals surface area contributed by atoms with Gasteiger partial charge in [-0.15, -0.1) is 0 Å². The molecule has 1 aliphatic rings. The minimum absolute atomic E-state index is 0.0471. The van der Waals surface area contributed by atoms with Crippen LogP contribution in [0.15, 0.2) is 36.5 Å². The molecule has 2 heterocycles. The van der Waals surface area contributed by atoms with Gasteiger partial charge < -0.3 is 14.8 Å². The van der Waals surface area contributed by atoms with E-state index in [1.165, 1.54) is 0 Å². The first-order chi connectivity index (χ1) is 10.3. The van der Waals surface area contributed by atoms with Crippen LogP contribution in [0.1, 0.15) is 23.6 Å². The summed E-state index contributed by atoms with van der Waals surface area (Å²) in [5, 5.41) is 12.5. The number of hydrogen-bond acceptors (Lipinski definition) is 5. The number of pyridine rings is 1. The minimum Gasteiger partial charge on any atom is -0.493 e. The monoisotopic (exact) mass is 281 g/mol. The lowest BCUT2D eigenvalue weighted by atomic mass is 10.00. The first kappa shape index (κ1) is 13.3. The van der Waals surface area contributed by atoms with Gasteiger partial charge in [-0.05, 0) is 18.2 Å². The lowest BCUT2D eigenvalue weighted by Crippen LogP contribution is -2.21. The van der Waals surface area contributed by atoms with Crippen LogP contribution in [0.2, 0.25) is 0 Å². The molecule has 1 atom stereocenters. The number of methoxy groups -OCH3 is 1. The summed E-state index contributed by atoms with van der Waals surface area (Å²) in [6.45, 7) is 0.597. The van der Waals surface area contributed by atoms with Gasteiger partial charge in [-0.25, -0.2) is 4.98 Å². The standard InChI is InChI=1S/C16H15N3O2/c1-20-14-6-2-5-12-13(7-9-21-15(12)14)19-16-11(10-17)4-3-8-18-16/h2-6,8,13H,7,9H2,1H3,(H,18,19). The number of hydrogen-bond donors (Lipinski definition) is 1. The summed E-state index contributed by atoms with van der Waals surface area (Å²) in [5.74, 6) is 2.08. The highest BCUT2D eigenvalue weighted by atomic mass is 16.5. The van der Waals surface area contributed by atoms with Crippen molar-refractivity contribution in [2.24, 2.45) is 0 Å². The predicted molar refractivity (Wildman–Crippen MR) is 78.4 cm³/mol. The molecule has 1 N–H and O–H groups in total. The third-order valence-corrected chi connectivity index (χ3v) is 3.50. The SMILES string of the molecule is COc1cccc2c1OCCC2Nc1ncccc1C#N. The predicted octanol–water partition coefficient (Wildman–Crippen LogP) is 2.90. The highest BCUT2D eigenvalue weighted by molar-refractivity contribution is 5.56. The Kier molecular flexibility index (Phi) is 3.61. The van der Waals surface area contributed by atoms with E-state index in [0.29, 0.717) is 18.0 Å². The second-order valence-electron chi connectivity index (χ2n) is 4.72. The molecule has 0 amide bonds. The van der Waals surface area contributed by atoms with Crippen molar-refractivity contribution in [1.82, 2.24) is 4.98 Å². The van der Waals surface area contributed by atoms with Crippen molar-refractivity contribution in [3.05, 3.63) is 47.7 Å². The van der Waals surface area contributed by atoms with Gasteiger partial charge >= 0.3 is 0 Å². The van der Waals surface area contributed by atoms with Crippen LogP contribution in [0.25, 0.3) is 0 Å². The molecule has 0 aliphatic carbocycles. The van der Waals surface area contributed by atoms with Crippen LogP contribution in [0.5, 0.6) is 11.5 Å². The van der Waals surface area contributed by atoms with E-state index in [1.54, 1.807) is 25.4 Å². The zero-order valence-electron chi connectivity index (χ0n) is 11.7. The van der Waals surface area contributed by atoms with Gasteiger partial charge in [-0.2, -0.15) is 5.26 Å². The van der Waals surface area contributed by atoms with E-state index in [4.69, 9.17) is 14.7 Å². The molecular formula is C16H15N3O2.